The van der Waals surface area contributed by atoms with Crippen LogP contribution in [0.25, 0.3) is 0 Å². The molecule has 6 nitrogen and oxygen atoms in total. The van der Waals surface area contributed by atoms with E-state index < -0.39 is 5.66 Å². The summed E-state index contributed by atoms with van der Waals surface area (Å²) in [5, 5.41) is 3.90. The maximum absolute atomic E-state index is 13.2. The zero-order valence-corrected chi connectivity index (χ0v) is 18.7. The molecule has 2 aliphatic heterocycles. The molecule has 2 aromatic rings. The first-order valence-electron chi connectivity index (χ1n) is 10.3. The summed E-state index contributed by atoms with van der Waals surface area (Å²) in [6, 6.07) is 12.4. The Bertz CT molecular complexity index is 1060. The van der Waals surface area contributed by atoms with E-state index in [-0.39, 0.29) is 24.1 Å². The van der Waals surface area contributed by atoms with Gasteiger partial charge in [-0.25, -0.2) is 0 Å². The predicted octanol–water partition coefficient (Wildman–Crippen LogP) is 4.39. The van der Waals surface area contributed by atoms with Crippen LogP contribution in [0.1, 0.15) is 48.5 Å². The molecule has 1 N–H and O–H groups in total. The minimum absolute atomic E-state index is 0.0186. The van der Waals surface area contributed by atoms with Crippen molar-refractivity contribution in [2.24, 2.45) is 0 Å². The van der Waals surface area contributed by atoms with Crippen molar-refractivity contribution in [3.8, 4) is 0 Å². The highest BCUT2D eigenvalue weighted by atomic mass is 35.5. The number of amides is 3. The van der Waals surface area contributed by atoms with Crippen molar-refractivity contribution in [1.29, 1.82) is 0 Å². The number of carbonyl (C=O) groups excluding carboxylic acids is 3. The van der Waals surface area contributed by atoms with E-state index in [9.17, 15) is 14.4 Å². The van der Waals surface area contributed by atoms with Gasteiger partial charge in [0.05, 0.1) is 11.3 Å². The second-order valence-electron chi connectivity index (χ2n) is 8.04. The SMILES string of the molecule is CC12CCC(=O)N1c1ccccc1C(=O)N2CCCC(=O)NCc1ccc(Cl)cc1Cl. The number of anilines is 1. The van der Waals surface area contributed by atoms with Crippen LogP contribution in [0.3, 0.4) is 0 Å². The van der Waals surface area contributed by atoms with Crippen molar-refractivity contribution in [3.63, 3.8) is 0 Å². The zero-order valence-electron chi connectivity index (χ0n) is 17.2. The molecule has 4 rings (SSSR count). The molecule has 0 bridgehead atoms. The molecule has 0 saturated carbocycles. The van der Waals surface area contributed by atoms with Crippen LogP contribution >= 0.6 is 23.2 Å². The van der Waals surface area contributed by atoms with Gasteiger partial charge >= 0.3 is 0 Å². The number of fused-ring (bicyclic) bond motifs is 3. The average Bonchev–Trinajstić information content (AvgIpc) is 3.05. The number of rotatable bonds is 6. The van der Waals surface area contributed by atoms with Gasteiger partial charge in [-0.05, 0) is 49.6 Å². The van der Waals surface area contributed by atoms with Gasteiger partial charge in [0.1, 0.15) is 5.66 Å². The molecule has 0 spiro atoms. The van der Waals surface area contributed by atoms with Gasteiger partial charge in [-0.3, -0.25) is 19.3 Å². The molecule has 2 aromatic carbocycles. The highest BCUT2D eigenvalue weighted by molar-refractivity contribution is 6.35. The van der Waals surface area contributed by atoms with Crippen LogP contribution in [-0.2, 0) is 16.1 Å². The first-order chi connectivity index (χ1) is 14.8. The van der Waals surface area contributed by atoms with Crippen molar-refractivity contribution >= 4 is 46.6 Å². The van der Waals surface area contributed by atoms with Crippen LogP contribution in [0.4, 0.5) is 5.69 Å². The number of nitrogens with one attached hydrogen (secondary N) is 1. The Morgan fingerprint density at radius 1 is 1.16 bits per heavy atom. The monoisotopic (exact) mass is 459 g/mol. The van der Waals surface area contributed by atoms with Crippen LogP contribution in [0.5, 0.6) is 0 Å². The zero-order chi connectivity index (χ0) is 22.2. The second kappa shape index (κ2) is 8.52. The molecular weight excluding hydrogens is 437 g/mol. The fourth-order valence-electron chi connectivity index (χ4n) is 4.39. The molecule has 0 radical (unpaired) electrons. The van der Waals surface area contributed by atoms with Crippen LogP contribution in [0, 0.1) is 0 Å². The Hall–Kier alpha value is -2.57. The van der Waals surface area contributed by atoms with Gasteiger partial charge in [-0.2, -0.15) is 0 Å². The molecule has 8 heteroatoms. The van der Waals surface area contributed by atoms with Crippen molar-refractivity contribution in [3.05, 3.63) is 63.6 Å². The molecule has 0 aromatic heterocycles. The number of benzene rings is 2. The van der Waals surface area contributed by atoms with E-state index in [1.165, 1.54) is 0 Å². The predicted molar refractivity (Wildman–Crippen MR) is 120 cm³/mol. The molecule has 1 saturated heterocycles. The van der Waals surface area contributed by atoms with Gasteiger partial charge < -0.3 is 10.2 Å². The van der Waals surface area contributed by atoms with E-state index in [1.54, 1.807) is 40.1 Å². The van der Waals surface area contributed by atoms with Gasteiger partial charge in [0.2, 0.25) is 11.8 Å². The highest BCUT2D eigenvalue weighted by Gasteiger charge is 2.52. The maximum Gasteiger partial charge on any atom is 0.257 e. The number of hydrogen-bond donors (Lipinski definition) is 1. The van der Waals surface area contributed by atoms with Gasteiger partial charge in [0.15, 0.2) is 0 Å². The summed E-state index contributed by atoms with van der Waals surface area (Å²) >= 11 is 12.0. The fourth-order valence-corrected chi connectivity index (χ4v) is 4.86. The van der Waals surface area contributed by atoms with E-state index in [1.807, 2.05) is 19.1 Å². The van der Waals surface area contributed by atoms with Crippen molar-refractivity contribution in [1.82, 2.24) is 10.2 Å². The third-order valence-corrected chi connectivity index (χ3v) is 6.61. The van der Waals surface area contributed by atoms with Crippen LogP contribution in [0.2, 0.25) is 10.0 Å². The van der Waals surface area contributed by atoms with Crippen LogP contribution in [0.15, 0.2) is 42.5 Å². The summed E-state index contributed by atoms with van der Waals surface area (Å²) < 4.78 is 0. The Kier molecular flexibility index (Phi) is 5.95. The Labute approximate surface area is 191 Å². The van der Waals surface area contributed by atoms with E-state index in [0.29, 0.717) is 53.6 Å². The number of carbonyl (C=O) groups is 3. The first kappa shape index (κ1) is 21.7. The fraction of sp³-hybridized carbons (Fsp3) is 0.348. The molecule has 1 atom stereocenters. The first-order valence-corrected chi connectivity index (χ1v) is 11.0. The van der Waals surface area contributed by atoms with Crippen LogP contribution in [-0.4, -0.2) is 34.8 Å². The molecule has 2 heterocycles. The lowest BCUT2D eigenvalue weighted by molar-refractivity contribution is -0.121. The highest BCUT2D eigenvalue weighted by Crippen LogP contribution is 2.44. The van der Waals surface area contributed by atoms with Gasteiger partial charge in [-0.15, -0.1) is 0 Å². The van der Waals surface area contributed by atoms with E-state index in [2.05, 4.69) is 5.32 Å². The molecule has 1 fully saturated rings. The largest absolute Gasteiger partial charge is 0.352 e. The average molecular weight is 460 g/mol. The lowest BCUT2D eigenvalue weighted by Gasteiger charge is -2.48. The number of hydrogen-bond acceptors (Lipinski definition) is 3. The molecule has 162 valence electrons. The topological polar surface area (TPSA) is 69.7 Å². The Morgan fingerprint density at radius 2 is 1.94 bits per heavy atom. The molecule has 0 aliphatic carbocycles. The molecule has 2 aliphatic rings. The molecule has 3 amide bonds. The molecule has 31 heavy (non-hydrogen) atoms. The third-order valence-electron chi connectivity index (χ3n) is 6.02. The van der Waals surface area contributed by atoms with Crippen molar-refractivity contribution < 1.29 is 14.4 Å². The van der Waals surface area contributed by atoms with Crippen LogP contribution < -0.4 is 10.2 Å². The summed E-state index contributed by atoms with van der Waals surface area (Å²) in [6.07, 6.45) is 1.73. The number of para-hydroxylation sites is 1. The van der Waals surface area contributed by atoms with Gasteiger partial charge in [0, 0.05) is 36.0 Å². The van der Waals surface area contributed by atoms with E-state index in [0.717, 1.165) is 5.56 Å². The smallest absolute Gasteiger partial charge is 0.257 e. The van der Waals surface area contributed by atoms with E-state index >= 15 is 0 Å². The summed E-state index contributed by atoms with van der Waals surface area (Å²) in [6.45, 7) is 2.63. The Balaban J connectivity index is 1.39. The standard InChI is InChI=1S/C23H23Cl2N3O3/c1-23-11-10-21(30)28(23)19-6-3-2-5-17(19)22(31)27(23)12-4-7-20(29)26-14-15-8-9-16(24)13-18(15)25/h2-3,5-6,8-9,13H,4,7,10-12,14H2,1H3,(H,26,29). The number of halogens is 2. The lowest BCUT2D eigenvalue weighted by Crippen LogP contribution is -2.62. The molecule has 1 unspecified atom stereocenters. The van der Waals surface area contributed by atoms with Crippen molar-refractivity contribution in [2.45, 2.75) is 44.8 Å². The summed E-state index contributed by atoms with van der Waals surface area (Å²) in [5.74, 6) is -0.206. The quantitative estimate of drug-likeness (QED) is 0.696. The third kappa shape index (κ3) is 4.02. The minimum Gasteiger partial charge on any atom is -0.352 e. The minimum atomic E-state index is -0.699. The summed E-state index contributed by atoms with van der Waals surface area (Å²) in [4.78, 5) is 41.6. The molecular formula is C23H23Cl2N3O3. The summed E-state index contributed by atoms with van der Waals surface area (Å²) in [7, 11) is 0. The van der Waals surface area contributed by atoms with Crippen molar-refractivity contribution in [2.75, 3.05) is 11.4 Å². The Morgan fingerprint density at radius 3 is 2.71 bits per heavy atom. The van der Waals surface area contributed by atoms with Gasteiger partial charge in [0.25, 0.3) is 5.91 Å². The second-order valence-corrected chi connectivity index (χ2v) is 8.88. The number of nitrogens with zero attached hydrogens (tertiary/aromatic N) is 2. The van der Waals surface area contributed by atoms with E-state index in [4.69, 9.17) is 23.2 Å². The normalized spacial score (nSPS) is 20.0. The lowest BCUT2D eigenvalue weighted by atomic mass is 9.98. The van der Waals surface area contributed by atoms with Gasteiger partial charge in [-0.1, -0.05) is 41.4 Å². The summed E-state index contributed by atoms with van der Waals surface area (Å²) in [5.41, 5.74) is 1.29. The maximum atomic E-state index is 13.2.